The van der Waals surface area contributed by atoms with E-state index in [0.717, 1.165) is 31.2 Å². The number of benzene rings is 1. The highest BCUT2D eigenvalue weighted by atomic mass is 16.5. The van der Waals surface area contributed by atoms with Crippen LogP contribution in [0.25, 0.3) is 0 Å². The Kier molecular flexibility index (Phi) is 7.79. The fourth-order valence-electron chi connectivity index (χ4n) is 3.56. The Morgan fingerprint density at radius 1 is 1.18 bits per heavy atom. The zero-order valence-electron chi connectivity index (χ0n) is 14.2. The van der Waals surface area contributed by atoms with Gasteiger partial charge in [0.05, 0.1) is 6.61 Å². The van der Waals surface area contributed by atoms with Gasteiger partial charge >= 0.3 is 0 Å². The average molecular weight is 303 g/mol. The molecule has 2 N–H and O–H groups in total. The summed E-state index contributed by atoms with van der Waals surface area (Å²) in [5, 5.41) is 0. The SMILES string of the molecule is CCCCC(CCN)c1cccc(OCC2CCCCC2)c1. The number of hydrogen-bond donors (Lipinski definition) is 1. The van der Waals surface area contributed by atoms with Crippen molar-refractivity contribution in [2.75, 3.05) is 13.2 Å². The van der Waals surface area contributed by atoms with Gasteiger partial charge in [0.2, 0.25) is 0 Å². The van der Waals surface area contributed by atoms with Crippen molar-refractivity contribution in [2.45, 2.75) is 70.6 Å². The van der Waals surface area contributed by atoms with Crippen LogP contribution < -0.4 is 10.5 Å². The average Bonchev–Trinajstić information content (AvgIpc) is 2.58. The zero-order chi connectivity index (χ0) is 15.6. The van der Waals surface area contributed by atoms with Gasteiger partial charge in [-0.25, -0.2) is 0 Å². The summed E-state index contributed by atoms with van der Waals surface area (Å²) in [5.74, 6) is 2.39. The van der Waals surface area contributed by atoms with E-state index in [1.807, 2.05) is 0 Å². The van der Waals surface area contributed by atoms with Crippen molar-refractivity contribution in [3.05, 3.63) is 29.8 Å². The predicted molar refractivity (Wildman–Crippen MR) is 94.4 cm³/mol. The van der Waals surface area contributed by atoms with Crippen LogP contribution in [0, 0.1) is 5.92 Å². The second-order valence-electron chi connectivity index (χ2n) is 6.80. The van der Waals surface area contributed by atoms with E-state index in [9.17, 15) is 0 Å². The Hall–Kier alpha value is -1.02. The lowest BCUT2D eigenvalue weighted by Crippen LogP contribution is -2.15. The van der Waals surface area contributed by atoms with Crippen molar-refractivity contribution in [2.24, 2.45) is 11.7 Å². The molecule has 2 heteroatoms. The maximum absolute atomic E-state index is 6.09. The maximum atomic E-state index is 6.09. The Bertz CT molecular complexity index is 412. The van der Waals surface area contributed by atoms with Crippen molar-refractivity contribution in [3.8, 4) is 5.75 Å². The summed E-state index contributed by atoms with van der Waals surface area (Å²) in [6.07, 6.45) is 11.7. The van der Waals surface area contributed by atoms with E-state index in [4.69, 9.17) is 10.5 Å². The number of nitrogens with two attached hydrogens (primary N) is 1. The minimum atomic E-state index is 0.586. The summed E-state index contributed by atoms with van der Waals surface area (Å²) in [6, 6.07) is 8.73. The first-order valence-electron chi connectivity index (χ1n) is 9.26. The lowest BCUT2D eigenvalue weighted by atomic mass is 9.90. The van der Waals surface area contributed by atoms with Gasteiger partial charge in [-0.3, -0.25) is 0 Å². The van der Waals surface area contributed by atoms with Crippen LogP contribution in [0.15, 0.2) is 24.3 Å². The van der Waals surface area contributed by atoms with Crippen molar-refractivity contribution < 1.29 is 4.74 Å². The third-order valence-electron chi connectivity index (χ3n) is 4.96. The topological polar surface area (TPSA) is 35.2 Å². The molecule has 0 aliphatic heterocycles. The van der Waals surface area contributed by atoms with Crippen LogP contribution in [0.2, 0.25) is 0 Å². The molecule has 0 aromatic heterocycles. The van der Waals surface area contributed by atoms with Crippen molar-refractivity contribution >= 4 is 0 Å². The van der Waals surface area contributed by atoms with Crippen molar-refractivity contribution in [1.82, 2.24) is 0 Å². The summed E-state index contributed by atoms with van der Waals surface area (Å²) in [6.45, 7) is 3.91. The molecule has 0 saturated heterocycles. The van der Waals surface area contributed by atoms with Crippen LogP contribution in [0.1, 0.15) is 76.2 Å². The number of ether oxygens (including phenoxy) is 1. The highest BCUT2D eigenvalue weighted by molar-refractivity contribution is 5.31. The third-order valence-corrected chi connectivity index (χ3v) is 4.96. The molecular weight excluding hydrogens is 270 g/mol. The molecule has 22 heavy (non-hydrogen) atoms. The molecule has 1 aromatic carbocycles. The summed E-state index contributed by atoms with van der Waals surface area (Å²) < 4.78 is 6.09. The molecule has 2 nitrogen and oxygen atoms in total. The van der Waals surface area contributed by atoms with Crippen LogP contribution >= 0.6 is 0 Å². The molecule has 0 radical (unpaired) electrons. The van der Waals surface area contributed by atoms with Gasteiger partial charge in [0, 0.05) is 0 Å². The van der Waals surface area contributed by atoms with Crippen LogP contribution in [0.4, 0.5) is 0 Å². The largest absolute Gasteiger partial charge is 0.493 e. The van der Waals surface area contributed by atoms with Gasteiger partial charge in [-0.05, 0) is 61.8 Å². The molecule has 0 spiro atoms. The molecule has 1 unspecified atom stereocenters. The Morgan fingerprint density at radius 3 is 2.73 bits per heavy atom. The smallest absolute Gasteiger partial charge is 0.119 e. The molecular formula is C20H33NO. The summed E-state index contributed by atoms with van der Waals surface area (Å²) in [5.41, 5.74) is 7.20. The van der Waals surface area contributed by atoms with Gasteiger partial charge in [-0.1, -0.05) is 51.2 Å². The van der Waals surface area contributed by atoms with E-state index < -0.39 is 0 Å². The molecule has 2 rings (SSSR count). The van der Waals surface area contributed by atoms with Crippen LogP contribution in [0.3, 0.4) is 0 Å². The summed E-state index contributed by atoms with van der Waals surface area (Å²) in [7, 11) is 0. The zero-order valence-corrected chi connectivity index (χ0v) is 14.2. The van der Waals surface area contributed by atoms with E-state index in [0.29, 0.717) is 5.92 Å². The van der Waals surface area contributed by atoms with Gasteiger partial charge < -0.3 is 10.5 Å². The van der Waals surface area contributed by atoms with Gasteiger partial charge in [0.25, 0.3) is 0 Å². The molecule has 0 amide bonds. The molecule has 124 valence electrons. The van der Waals surface area contributed by atoms with Crippen molar-refractivity contribution in [3.63, 3.8) is 0 Å². The molecule has 1 aliphatic carbocycles. The Labute approximate surface area is 136 Å². The van der Waals surface area contributed by atoms with E-state index in [-0.39, 0.29) is 0 Å². The van der Waals surface area contributed by atoms with Gasteiger partial charge in [-0.2, -0.15) is 0 Å². The first kappa shape index (κ1) is 17.3. The molecule has 1 saturated carbocycles. The fourth-order valence-corrected chi connectivity index (χ4v) is 3.56. The number of unbranched alkanes of at least 4 members (excludes halogenated alkanes) is 1. The second-order valence-corrected chi connectivity index (χ2v) is 6.80. The third kappa shape index (κ3) is 5.64. The van der Waals surface area contributed by atoms with E-state index >= 15 is 0 Å². The summed E-state index contributed by atoms with van der Waals surface area (Å²) in [4.78, 5) is 0. The first-order valence-corrected chi connectivity index (χ1v) is 9.26. The van der Waals surface area contributed by atoms with Gasteiger partial charge in [0.1, 0.15) is 5.75 Å². The maximum Gasteiger partial charge on any atom is 0.119 e. The van der Waals surface area contributed by atoms with E-state index in [2.05, 4.69) is 31.2 Å². The Morgan fingerprint density at radius 2 is 2.00 bits per heavy atom. The number of rotatable bonds is 9. The molecule has 1 atom stereocenters. The fraction of sp³-hybridized carbons (Fsp3) is 0.700. The van der Waals surface area contributed by atoms with E-state index in [1.54, 1.807) is 0 Å². The highest BCUT2D eigenvalue weighted by Gasteiger charge is 2.15. The second kappa shape index (κ2) is 9.89. The van der Waals surface area contributed by atoms with Gasteiger partial charge in [0.15, 0.2) is 0 Å². The quantitative estimate of drug-likeness (QED) is 0.674. The van der Waals surface area contributed by atoms with Gasteiger partial charge in [-0.15, -0.1) is 0 Å². The predicted octanol–water partition coefficient (Wildman–Crippen LogP) is 5.27. The lowest BCUT2D eigenvalue weighted by molar-refractivity contribution is 0.208. The van der Waals surface area contributed by atoms with Crippen molar-refractivity contribution in [1.29, 1.82) is 0 Å². The van der Waals surface area contributed by atoms with Crippen LogP contribution in [0.5, 0.6) is 5.75 Å². The molecule has 1 aliphatic rings. The molecule has 0 bridgehead atoms. The minimum absolute atomic E-state index is 0.586. The monoisotopic (exact) mass is 303 g/mol. The minimum Gasteiger partial charge on any atom is -0.493 e. The van der Waals surface area contributed by atoms with Crippen LogP contribution in [-0.2, 0) is 0 Å². The normalized spacial score (nSPS) is 17.4. The highest BCUT2D eigenvalue weighted by Crippen LogP contribution is 2.29. The molecule has 1 fully saturated rings. The Balaban J connectivity index is 1.91. The first-order chi connectivity index (χ1) is 10.8. The lowest BCUT2D eigenvalue weighted by Gasteiger charge is -2.22. The molecule has 1 aromatic rings. The standard InChI is InChI=1S/C20H33NO/c1-2-3-10-18(13-14-21)19-11-7-12-20(15-19)22-16-17-8-5-4-6-9-17/h7,11-12,15,17-18H,2-6,8-10,13-14,16,21H2,1H3. The van der Waals surface area contributed by atoms with Crippen LogP contribution in [-0.4, -0.2) is 13.2 Å². The number of hydrogen-bond acceptors (Lipinski definition) is 2. The molecule has 0 heterocycles. The van der Waals surface area contributed by atoms with E-state index in [1.165, 1.54) is 56.9 Å². The summed E-state index contributed by atoms with van der Waals surface area (Å²) >= 11 is 0.